The number of ether oxygens (including phenoxy) is 1. The second kappa shape index (κ2) is 7.92. The smallest absolute Gasteiger partial charge is 0.337 e. The summed E-state index contributed by atoms with van der Waals surface area (Å²) in [4.78, 5) is 11.5. The Kier molecular flexibility index (Phi) is 6.80. The third kappa shape index (κ3) is 4.67. The lowest BCUT2D eigenvalue weighted by atomic mass is 10.1. The number of nitrogens with zero attached hydrogens (tertiary/aromatic N) is 1. The number of nitrogens with one attached hydrogen (secondary N) is 1. The Morgan fingerprint density at radius 3 is 2.82 bits per heavy atom. The van der Waals surface area contributed by atoms with Crippen molar-refractivity contribution >= 4 is 28.4 Å². The Morgan fingerprint density at radius 1 is 1.45 bits per heavy atom. The number of piperazine rings is 1. The minimum atomic E-state index is -3.38. The topological polar surface area (TPSA) is 75.7 Å². The van der Waals surface area contributed by atoms with Gasteiger partial charge in [-0.2, -0.15) is 4.31 Å². The zero-order valence-corrected chi connectivity index (χ0v) is 14.2. The maximum absolute atomic E-state index is 12.4. The van der Waals surface area contributed by atoms with Crippen molar-refractivity contribution in [1.29, 1.82) is 0 Å². The van der Waals surface area contributed by atoms with Gasteiger partial charge in [-0.25, -0.2) is 13.2 Å². The third-order valence-corrected chi connectivity index (χ3v) is 5.24. The van der Waals surface area contributed by atoms with E-state index >= 15 is 0 Å². The van der Waals surface area contributed by atoms with Gasteiger partial charge in [0.2, 0.25) is 10.0 Å². The SMILES string of the molecule is COC(=O)c1cccc(CS(=O)(=O)N2CCN[C@@H](C)C2)c1.Cl. The lowest BCUT2D eigenvalue weighted by Gasteiger charge is -2.31. The fraction of sp³-hybridized carbons (Fsp3) is 0.500. The molecule has 8 heteroatoms. The molecule has 6 nitrogen and oxygen atoms in total. The Morgan fingerprint density at radius 2 is 2.18 bits per heavy atom. The molecule has 0 saturated carbocycles. The van der Waals surface area contributed by atoms with Gasteiger partial charge in [0.25, 0.3) is 0 Å². The summed E-state index contributed by atoms with van der Waals surface area (Å²) >= 11 is 0. The molecule has 0 bridgehead atoms. The van der Waals surface area contributed by atoms with Gasteiger partial charge in [-0.3, -0.25) is 0 Å². The molecule has 0 amide bonds. The number of carbonyl (C=O) groups excluding carboxylic acids is 1. The number of benzene rings is 1. The molecule has 1 heterocycles. The van der Waals surface area contributed by atoms with Gasteiger partial charge in [0.1, 0.15) is 0 Å². The van der Waals surface area contributed by atoms with Gasteiger partial charge in [-0.1, -0.05) is 12.1 Å². The summed E-state index contributed by atoms with van der Waals surface area (Å²) in [6.45, 7) is 3.56. The molecule has 1 fully saturated rings. The highest BCUT2D eigenvalue weighted by Crippen LogP contribution is 2.15. The van der Waals surface area contributed by atoms with Crippen LogP contribution in [0.15, 0.2) is 24.3 Å². The second-order valence-electron chi connectivity index (χ2n) is 5.16. The maximum atomic E-state index is 12.4. The Bertz CT molecular complexity index is 621. The quantitative estimate of drug-likeness (QED) is 0.822. The van der Waals surface area contributed by atoms with Crippen LogP contribution >= 0.6 is 12.4 Å². The van der Waals surface area contributed by atoms with Crippen molar-refractivity contribution < 1.29 is 17.9 Å². The van der Waals surface area contributed by atoms with E-state index in [2.05, 4.69) is 10.1 Å². The van der Waals surface area contributed by atoms with Gasteiger partial charge in [0.05, 0.1) is 18.4 Å². The Hall–Kier alpha value is -1.15. The third-order valence-electron chi connectivity index (χ3n) is 3.42. The molecule has 0 aliphatic carbocycles. The van der Waals surface area contributed by atoms with Crippen LogP contribution < -0.4 is 5.32 Å². The molecule has 0 unspecified atom stereocenters. The standard InChI is InChI=1S/C14H20N2O4S.ClH/c1-11-9-16(7-6-15-11)21(18,19)10-12-4-3-5-13(8-12)14(17)20-2;/h3-5,8,11,15H,6-7,9-10H2,1-2H3;1H/t11-;/m0./s1. The van der Waals surface area contributed by atoms with E-state index in [9.17, 15) is 13.2 Å². The highest BCUT2D eigenvalue weighted by atomic mass is 35.5. The monoisotopic (exact) mass is 348 g/mol. The van der Waals surface area contributed by atoms with E-state index in [0.29, 0.717) is 30.8 Å². The molecular formula is C14H21ClN2O4S. The molecule has 0 aromatic heterocycles. The molecule has 1 saturated heterocycles. The van der Waals surface area contributed by atoms with Crippen molar-refractivity contribution in [2.45, 2.75) is 18.7 Å². The van der Waals surface area contributed by atoms with Crippen LogP contribution in [-0.2, 0) is 20.5 Å². The number of hydrogen-bond donors (Lipinski definition) is 1. The number of esters is 1. The van der Waals surface area contributed by atoms with Gasteiger partial charge in [0, 0.05) is 25.7 Å². The van der Waals surface area contributed by atoms with E-state index in [4.69, 9.17) is 0 Å². The largest absolute Gasteiger partial charge is 0.465 e. The van der Waals surface area contributed by atoms with Gasteiger partial charge in [-0.15, -0.1) is 12.4 Å². The van der Waals surface area contributed by atoms with Crippen molar-refractivity contribution in [3.05, 3.63) is 35.4 Å². The van der Waals surface area contributed by atoms with Gasteiger partial charge < -0.3 is 10.1 Å². The van der Waals surface area contributed by atoms with E-state index in [1.54, 1.807) is 24.3 Å². The van der Waals surface area contributed by atoms with E-state index in [1.807, 2.05) is 6.92 Å². The Balaban J connectivity index is 0.00000242. The minimum absolute atomic E-state index is 0. The zero-order valence-electron chi connectivity index (χ0n) is 12.6. The first-order valence-electron chi connectivity index (χ1n) is 6.81. The van der Waals surface area contributed by atoms with Gasteiger partial charge in [0.15, 0.2) is 0 Å². The fourth-order valence-corrected chi connectivity index (χ4v) is 3.96. The average molecular weight is 349 g/mol. The molecule has 22 heavy (non-hydrogen) atoms. The minimum Gasteiger partial charge on any atom is -0.465 e. The molecule has 0 spiro atoms. The number of sulfonamides is 1. The molecule has 2 rings (SSSR count). The van der Waals surface area contributed by atoms with Gasteiger partial charge >= 0.3 is 5.97 Å². The number of hydrogen-bond acceptors (Lipinski definition) is 5. The van der Waals surface area contributed by atoms with E-state index in [0.717, 1.165) is 0 Å². The summed E-state index contributed by atoms with van der Waals surface area (Å²) < 4.78 is 31.0. The summed E-state index contributed by atoms with van der Waals surface area (Å²) in [5, 5.41) is 3.21. The van der Waals surface area contributed by atoms with Crippen molar-refractivity contribution in [2.75, 3.05) is 26.7 Å². The first-order chi connectivity index (χ1) is 9.92. The molecule has 1 aromatic carbocycles. The average Bonchev–Trinajstić information content (AvgIpc) is 2.46. The van der Waals surface area contributed by atoms with E-state index < -0.39 is 16.0 Å². The Labute approximate surface area is 137 Å². The molecule has 124 valence electrons. The molecule has 1 aliphatic rings. The maximum Gasteiger partial charge on any atom is 0.337 e. The summed E-state index contributed by atoms with van der Waals surface area (Å²) in [5.74, 6) is -0.574. The number of halogens is 1. The summed E-state index contributed by atoms with van der Waals surface area (Å²) in [6.07, 6.45) is 0. The first kappa shape index (κ1) is 18.9. The lowest BCUT2D eigenvalue weighted by molar-refractivity contribution is 0.0600. The predicted molar refractivity (Wildman–Crippen MR) is 86.7 cm³/mol. The van der Waals surface area contributed by atoms with E-state index in [-0.39, 0.29) is 24.2 Å². The van der Waals surface area contributed by atoms with Crippen molar-refractivity contribution in [3.63, 3.8) is 0 Å². The van der Waals surface area contributed by atoms with Crippen LogP contribution in [-0.4, -0.2) is 51.5 Å². The zero-order chi connectivity index (χ0) is 15.5. The lowest BCUT2D eigenvalue weighted by Crippen LogP contribution is -2.51. The molecule has 0 radical (unpaired) electrons. The van der Waals surface area contributed by atoms with Crippen LogP contribution in [0.5, 0.6) is 0 Å². The number of rotatable bonds is 4. The number of methoxy groups -OCH3 is 1. The molecular weight excluding hydrogens is 328 g/mol. The van der Waals surface area contributed by atoms with E-state index in [1.165, 1.54) is 11.4 Å². The van der Waals surface area contributed by atoms with Crippen LogP contribution in [0.2, 0.25) is 0 Å². The first-order valence-corrected chi connectivity index (χ1v) is 8.42. The number of carbonyl (C=O) groups is 1. The summed E-state index contributed by atoms with van der Waals surface area (Å²) in [7, 11) is -2.08. The second-order valence-corrected chi connectivity index (χ2v) is 7.13. The molecule has 1 aliphatic heterocycles. The van der Waals surface area contributed by atoms with Crippen LogP contribution in [0.25, 0.3) is 0 Å². The molecule has 1 N–H and O–H groups in total. The normalized spacial score (nSPS) is 19.3. The van der Waals surface area contributed by atoms with Crippen molar-refractivity contribution in [3.8, 4) is 0 Å². The van der Waals surface area contributed by atoms with Crippen LogP contribution in [0.4, 0.5) is 0 Å². The summed E-state index contributed by atoms with van der Waals surface area (Å²) in [5.41, 5.74) is 0.947. The predicted octanol–water partition coefficient (Wildman–Crippen LogP) is 1.02. The highest BCUT2D eigenvalue weighted by Gasteiger charge is 2.27. The van der Waals surface area contributed by atoms with Crippen molar-refractivity contribution in [1.82, 2.24) is 9.62 Å². The van der Waals surface area contributed by atoms with Crippen LogP contribution in [0.3, 0.4) is 0 Å². The van der Waals surface area contributed by atoms with Crippen molar-refractivity contribution in [2.24, 2.45) is 0 Å². The van der Waals surface area contributed by atoms with Crippen LogP contribution in [0, 0.1) is 0 Å². The van der Waals surface area contributed by atoms with Gasteiger partial charge in [-0.05, 0) is 24.6 Å². The fourth-order valence-electron chi connectivity index (χ4n) is 2.36. The molecule has 1 aromatic rings. The van der Waals surface area contributed by atoms with Crippen LogP contribution in [0.1, 0.15) is 22.8 Å². The summed E-state index contributed by atoms with van der Waals surface area (Å²) in [6, 6.07) is 6.69. The highest BCUT2D eigenvalue weighted by molar-refractivity contribution is 7.88. The molecule has 1 atom stereocenters.